The maximum atomic E-state index is 6.07. The fourth-order valence-corrected chi connectivity index (χ4v) is 6.71. The molecule has 2 aliphatic rings. The molecular weight excluding hydrogens is 566 g/mol. The molecule has 222 valence electrons. The number of nitrogens with one attached hydrogen (secondary N) is 1. The Morgan fingerprint density at radius 3 is 2.16 bits per heavy atom. The van der Waals surface area contributed by atoms with Crippen molar-refractivity contribution in [3.8, 4) is 17.2 Å². The number of nitrogens with zero attached hydrogens (tertiary/aromatic N) is 4. The maximum absolute atomic E-state index is 6.07. The summed E-state index contributed by atoms with van der Waals surface area (Å²) < 4.78 is 13.9. The van der Waals surface area contributed by atoms with E-state index in [2.05, 4.69) is 82.1 Å². The van der Waals surface area contributed by atoms with Crippen LogP contribution >= 0.6 is 12.2 Å². The van der Waals surface area contributed by atoms with Crippen molar-refractivity contribution in [2.75, 3.05) is 36.1 Å². The summed E-state index contributed by atoms with van der Waals surface area (Å²) in [5, 5.41) is 4.27. The molecule has 7 nitrogen and oxygen atoms in total. The highest BCUT2D eigenvalue weighted by Crippen LogP contribution is 2.44. The molecular formula is C36H35N5O2S. The number of anilines is 2. The van der Waals surface area contributed by atoms with E-state index < -0.39 is 0 Å². The third-order valence-corrected chi connectivity index (χ3v) is 8.78. The smallest absolute Gasteiger partial charge is 0.174 e. The van der Waals surface area contributed by atoms with Crippen LogP contribution in [0.4, 0.5) is 11.4 Å². The first kappa shape index (κ1) is 28.1. The zero-order chi connectivity index (χ0) is 30.0. The first-order valence-electron chi connectivity index (χ1n) is 15.0. The molecule has 44 heavy (non-hydrogen) atoms. The van der Waals surface area contributed by atoms with E-state index >= 15 is 0 Å². The summed E-state index contributed by atoms with van der Waals surface area (Å²) in [5.41, 5.74) is 7.85. The Morgan fingerprint density at radius 2 is 1.45 bits per heavy atom. The van der Waals surface area contributed by atoms with Crippen LogP contribution in [0.25, 0.3) is 5.69 Å². The second kappa shape index (κ2) is 12.1. The number of benzene rings is 3. The van der Waals surface area contributed by atoms with Crippen LogP contribution in [0.2, 0.25) is 0 Å². The molecule has 0 amide bonds. The number of hydrogen-bond donors (Lipinski definition) is 1. The largest absolute Gasteiger partial charge is 0.457 e. The van der Waals surface area contributed by atoms with Crippen molar-refractivity contribution in [3.63, 3.8) is 0 Å². The molecule has 2 saturated heterocycles. The van der Waals surface area contributed by atoms with Crippen molar-refractivity contribution in [1.82, 2.24) is 14.9 Å². The van der Waals surface area contributed by atoms with Crippen LogP contribution in [0, 0.1) is 13.8 Å². The molecule has 0 spiro atoms. The molecule has 8 heteroatoms. The van der Waals surface area contributed by atoms with Gasteiger partial charge < -0.3 is 29.2 Å². The van der Waals surface area contributed by atoms with Gasteiger partial charge in [0.1, 0.15) is 11.5 Å². The van der Waals surface area contributed by atoms with Crippen LogP contribution in [-0.2, 0) is 4.74 Å². The van der Waals surface area contributed by atoms with Crippen molar-refractivity contribution in [2.45, 2.75) is 25.9 Å². The molecule has 0 saturated carbocycles. The molecule has 0 unspecified atom stereocenters. The SMILES string of the molecule is Cc1cc([C@H]2[C@@H](c3ccccn3)NC(=S)N2c2ccc(Oc3ccccc3)cc2)c(C)n1-c1ccc(N2CCOCC2)cc1. The lowest BCUT2D eigenvalue weighted by molar-refractivity contribution is 0.122. The zero-order valence-electron chi connectivity index (χ0n) is 24.9. The van der Waals surface area contributed by atoms with Crippen molar-refractivity contribution in [2.24, 2.45) is 0 Å². The second-order valence-electron chi connectivity index (χ2n) is 11.2. The lowest BCUT2D eigenvalue weighted by Crippen LogP contribution is -2.36. The summed E-state index contributed by atoms with van der Waals surface area (Å²) in [6.07, 6.45) is 1.84. The van der Waals surface area contributed by atoms with Crippen LogP contribution < -0.4 is 19.9 Å². The van der Waals surface area contributed by atoms with Gasteiger partial charge in [0.25, 0.3) is 0 Å². The Balaban J connectivity index is 1.24. The van der Waals surface area contributed by atoms with E-state index in [9.17, 15) is 0 Å². The number of aryl methyl sites for hydroxylation is 1. The molecule has 2 fully saturated rings. The Hall–Kier alpha value is -4.66. The van der Waals surface area contributed by atoms with Gasteiger partial charge in [0.05, 0.1) is 31.0 Å². The van der Waals surface area contributed by atoms with Gasteiger partial charge in [-0.05, 0) is 110 Å². The fraction of sp³-hybridized carbons (Fsp3) is 0.222. The summed E-state index contributed by atoms with van der Waals surface area (Å²) in [6, 6.07) is 34.9. The van der Waals surface area contributed by atoms with Gasteiger partial charge in [-0.3, -0.25) is 4.98 Å². The van der Waals surface area contributed by atoms with Gasteiger partial charge in [-0.2, -0.15) is 0 Å². The number of para-hydroxylation sites is 1. The fourth-order valence-electron chi connectivity index (χ4n) is 6.37. The summed E-state index contributed by atoms with van der Waals surface area (Å²) in [7, 11) is 0. The maximum Gasteiger partial charge on any atom is 0.174 e. The van der Waals surface area contributed by atoms with Gasteiger partial charge in [0.2, 0.25) is 0 Å². The third-order valence-electron chi connectivity index (χ3n) is 8.46. The lowest BCUT2D eigenvalue weighted by atomic mass is 9.96. The summed E-state index contributed by atoms with van der Waals surface area (Å²) in [4.78, 5) is 9.34. The van der Waals surface area contributed by atoms with Gasteiger partial charge in [-0.15, -0.1) is 0 Å². The van der Waals surface area contributed by atoms with Crippen LogP contribution in [0.15, 0.2) is 109 Å². The van der Waals surface area contributed by atoms with Crippen LogP contribution in [-0.4, -0.2) is 41.0 Å². The molecule has 2 aliphatic heterocycles. The van der Waals surface area contributed by atoms with Crippen LogP contribution in [0.1, 0.15) is 34.7 Å². The van der Waals surface area contributed by atoms with Crippen molar-refractivity contribution < 1.29 is 9.47 Å². The number of rotatable bonds is 7. The van der Waals surface area contributed by atoms with E-state index in [4.69, 9.17) is 26.7 Å². The summed E-state index contributed by atoms with van der Waals surface area (Å²) >= 11 is 6.00. The molecule has 7 rings (SSSR count). The first-order valence-corrected chi connectivity index (χ1v) is 15.4. The topological polar surface area (TPSA) is 54.8 Å². The highest BCUT2D eigenvalue weighted by Gasteiger charge is 2.42. The van der Waals surface area contributed by atoms with Crippen LogP contribution in [0.5, 0.6) is 11.5 Å². The minimum atomic E-state index is -0.124. The Morgan fingerprint density at radius 1 is 0.795 bits per heavy atom. The predicted octanol–water partition coefficient (Wildman–Crippen LogP) is 7.30. The number of thiocarbonyl (C=S) groups is 1. The Bertz CT molecular complexity index is 1730. The highest BCUT2D eigenvalue weighted by atomic mass is 32.1. The standard InChI is InChI=1S/C36H35N5O2S/c1-25-24-32(26(2)40(25)28-13-11-27(12-14-28)39-20-22-42-23-21-39)35-34(33-10-6-7-19-37-33)38-36(44)41(35)29-15-17-31(18-16-29)43-30-8-4-3-5-9-30/h3-19,24,34-35H,20-23H2,1-2H3,(H,38,44)/t34-,35+/m1/s1. The minimum absolute atomic E-state index is 0.106. The van der Waals surface area contributed by atoms with Crippen LogP contribution in [0.3, 0.4) is 0 Å². The number of hydrogen-bond acceptors (Lipinski definition) is 5. The lowest BCUT2D eigenvalue weighted by Gasteiger charge is -2.29. The molecule has 1 N–H and O–H groups in total. The molecule has 3 aromatic carbocycles. The van der Waals surface area contributed by atoms with Crippen molar-refractivity contribution in [3.05, 3.63) is 132 Å². The van der Waals surface area contributed by atoms with Crippen molar-refractivity contribution >= 4 is 28.7 Å². The van der Waals surface area contributed by atoms with Gasteiger partial charge >= 0.3 is 0 Å². The third kappa shape index (κ3) is 5.42. The first-order chi connectivity index (χ1) is 21.6. The van der Waals surface area contributed by atoms with Gasteiger partial charge in [-0.1, -0.05) is 24.3 Å². The summed E-state index contributed by atoms with van der Waals surface area (Å²) in [5.74, 6) is 1.58. The minimum Gasteiger partial charge on any atom is -0.457 e. The molecule has 0 aliphatic carbocycles. The Labute approximate surface area is 263 Å². The molecule has 2 aromatic heterocycles. The van der Waals surface area contributed by atoms with Gasteiger partial charge in [-0.25, -0.2) is 0 Å². The zero-order valence-corrected chi connectivity index (χ0v) is 25.7. The number of aromatic nitrogens is 2. The molecule has 0 radical (unpaired) electrons. The molecule has 2 atom stereocenters. The average Bonchev–Trinajstić information content (AvgIpc) is 3.57. The quantitative estimate of drug-likeness (QED) is 0.197. The molecule has 4 heterocycles. The number of pyridine rings is 1. The highest BCUT2D eigenvalue weighted by molar-refractivity contribution is 7.80. The number of ether oxygens (including phenoxy) is 2. The second-order valence-corrected chi connectivity index (χ2v) is 11.6. The van der Waals surface area contributed by atoms with E-state index in [1.165, 1.54) is 22.6 Å². The monoisotopic (exact) mass is 601 g/mol. The van der Waals surface area contributed by atoms with E-state index in [1.807, 2.05) is 60.8 Å². The van der Waals surface area contributed by atoms with Gasteiger partial charge in [0.15, 0.2) is 5.11 Å². The van der Waals surface area contributed by atoms with E-state index in [-0.39, 0.29) is 12.1 Å². The molecule has 0 bridgehead atoms. The molecule has 5 aromatic rings. The normalized spacial score (nSPS) is 18.4. The van der Waals surface area contributed by atoms with Crippen molar-refractivity contribution in [1.29, 1.82) is 0 Å². The number of morpholine rings is 1. The predicted molar refractivity (Wildman–Crippen MR) is 179 cm³/mol. The van der Waals surface area contributed by atoms with E-state index in [0.717, 1.165) is 54.9 Å². The van der Waals surface area contributed by atoms with E-state index in [1.54, 1.807) is 0 Å². The summed E-state index contributed by atoms with van der Waals surface area (Å²) in [6.45, 7) is 7.75. The van der Waals surface area contributed by atoms with E-state index in [0.29, 0.717) is 5.11 Å². The Kier molecular flexibility index (Phi) is 7.77. The average molecular weight is 602 g/mol. The van der Waals surface area contributed by atoms with Gasteiger partial charge in [0, 0.05) is 47.7 Å².